The number of barbiturate groups is 1. The topological polar surface area (TPSA) is 79.6 Å². The van der Waals surface area contributed by atoms with Crippen LogP contribution >= 0.6 is 23.4 Å². The van der Waals surface area contributed by atoms with E-state index in [9.17, 15) is 14.4 Å². The van der Waals surface area contributed by atoms with E-state index in [2.05, 4.69) is 5.32 Å². The summed E-state index contributed by atoms with van der Waals surface area (Å²) >= 11 is 7.27. The number of nitrogens with one attached hydrogen (secondary N) is 1. The van der Waals surface area contributed by atoms with Crippen molar-refractivity contribution in [3.05, 3.63) is 88.6 Å². The Morgan fingerprint density at radius 3 is 2.43 bits per heavy atom. The van der Waals surface area contributed by atoms with Crippen molar-refractivity contribution < 1.29 is 18.8 Å². The van der Waals surface area contributed by atoms with Crippen LogP contribution in [0, 0.1) is 0 Å². The number of amides is 4. The summed E-state index contributed by atoms with van der Waals surface area (Å²) in [6, 6.07) is 19.0. The zero-order valence-corrected chi connectivity index (χ0v) is 17.1. The Bertz CT molecular complexity index is 1140. The molecule has 1 aliphatic heterocycles. The van der Waals surface area contributed by atoms with Crippen LogP contribution in [0.15, 0.2) is 86.7 Å². The average Bonchev–Trinajstić information content (AvgIpc) is 3.18. The second-order valence-electron chi connectivity index (χ2n) is 6.41. The monoisotopic (exact) mass is 438 g/mol. The molecule has 1 N–H and O–H groups in total. The minimum Gasteiger partial charge on any atom is -0.450 e. The Hall–Kier alpha value is -3.29. The van der Waals surface area contributed by atoms with Gasteiger partial charge in [-0.05, 0) is 48.0 Å². The van der Waals surface area contributed by atoms with Crippen molar-refractivity contribution in [2.24, 2.45) is 0 Å². The maximum absolute atomic E-state index is 12.8. The molecule has 2 heterocycles. The molecular formula is C22H15ClN2O4S. The van der Waals surface area contributed by atoms with E-state index < -0.39 is 17.8 Å². The first kappa shape index (κ1) is 20.0. The Kier molecular flexibility index (Phi) is 5.74. The molecule has 1 fully saturated rings. The van der Waals surface area contributed by atoms with Crippen LogP contribution in [0.1, 0.15) is 11.3 Å². The van der Waals surface area contributed by atoms with Gasteiger partial charge in [-0.25, -0.2) is 4.79 Å². The molecule has 150 valence electrons. The minimum atomic E-state index is -0.752. The highest BCUT2D eigenvalue weighted by molar-refractivity contribution is 7.99. The third-order valence-corrected chi connectivity index (χ3v) is 5.47. The predicted octanol–water partition coefficient (Wildman–Crippen LogP) is 4.75. The molecule has 6 nitrogen and oxygen atoms in total. The van der Waals surface area contributed by atoms with Gasteiger partial charge in [-0.3, -0.25) is 19.8 Å². The van der Waals surface area contributed by atoms with Crippen molar-refractivity contribution in [2.45, 2.75) is 16.5 Å². The molecule has 0 spiro atoms. The first-order valence-corrected chi connectivity index (χ1v) is 10.1. The number of carbonyl (C=O) groups excluding carboxylic acids is 3. The average molecular weight is 439 g/mol. The molecule has 8 heteroatoms. The lowest BCUT2D eigenvalue weighted by molar-refractivity contribution is -0.130. The van der Waals surface area contributed by atoms with E-state index in [1.807, 2.05) is 30.3 Å². The first-order chi connectivity index (χ1) is 14.5. The van der Waals surface area contributed by atoms with Gasteiger partial charge < -0.3 is 4.42 Å². The van der Waals surface area contributed by atoms with Crippen LogP contribution in [-0.2, 0) is 16.1 Å². The number of halogens is 1. The fourth-order valence-electron chi connectivity index (χ4n) is 2.83. The summed E-state index contributed by atoms with van der Waals surface area (Å²) in [4.78, 5) is 39.1. The van der Waals surface area contributed by atoms with Crippen LogP contribution in [0.5, 0.6) is 0 Å². The zero-order chi connectivity index (χ0) is 21.1. The van der Waals surface area contributed by atoms with Crippen LogP contribution in [0.25, 0.3) is 6.08 Å². The molecule has 1 aromatic heterocycles. The second kappa shape index (κ2) is 8.61. The molecule has 0 aliphatic carbocycles. The third kappa shape index (κ3) is 4.48. The molecule has 2 aromatic carbocycles. The molecule has 0 radical (unpaired) electrons. The molecule has 3 aromatic rings. The number of carbonyl (C=O) groups is 3. The molecule has 0 saturated carbocycles. The number of furan rings is 1. The van der Waals surface area contributed by atoms with Gasteiger partial charge >= 0.3 is 6.03 Å². The largest absolute Gasteiger partial charge is 0.450 e. The molecular weight excluding hydrogens is 424 g/mol. The van der Waals surface area contributed by atoms with Crippen molar-refractivity contribution >= 4 is 47.3 Å². The Morgan fingerprint density at radius 1 is 0.967 bits per heavy atom. The van der Waals surface area contributed by atoms with Crippen LogP contribution in [0.3, 0.4) is 0 Å². The lowest BCUT2D eigenvalue weighted by Crippen LogP contribution is -2.53. The predicted molar refractivity (Wildman–Crippen MR) is 113 cm³/mol. The van der Waals surface area contributed by atoms with Gasteiger partial charge in [-0.15, -0.1) is 0 Å². The maximum atomic E-state index is 12.8. The summed E-state index contributed by atoms with van der Waals surface area (Å²) in [5, 5.41) is 3.43. The third-order valence-electron chi connectivity index (χ3n) is 4.29. The summed E-state index contributed by atoms with van der Waals surface area (Å²) in [5.41, 5.74) is 0.609. The van der Waals surface area contributed by atoms with Crippen LogP contribution in [0.4, 0.5) is 4.79 Å². The highest BCUT2D eigenvalue weighted by Crippen LogP contribution is 2.31. The Morgan fingerprint density at radius 2 is 1.70 bits per heavy atom. The number of nitrogens with zero attached hydrogens (tertiary/aromatic N) is 1. The van der Waals surface area contributed by atoms with Crippen LogP contribution in [-0.4, -0.2) is 22.7 Å². The Balaban J connectivity index is 1.54. The fourth-order valence-corrected chi connectivity index (χ4v) is 3.74. The normalized spacial score (nSPS) is 15.6. The molecule has 1 aliphatic rings. The number of urea groups is 1. The van der Waals surface area contributed by atoms with Gasteiger partial charge in [-0.2, -0.15) is 0 Å². The van der Waals surface area contributed by atoms with Gasteiger partial charge in [0, 0.05) is 9.92 Å². The van der Waals surface area contributed by atoms with E-state index in [4.69, 9.17) is 16.0 Å². The number of benzene rings is 2. The summed E-state index contributed by atoms with van der Waals surface area (Å²) in [6.07, 6.45) is 1.34. The van der Waals surface area contributed by atoms with E-state index in [0.29, 0.717) is 15.9 Å². The van der Waals surface area contributed by atoms with Gasteiger partial charge in [0.2, 0.25) is 0 Å². The Labute approximate surface area is 181 Å². The number of imide groups is 2. The quantitative estimate of drug-likeness (QED) is 0.459. The molecule has 30 heavy (non-hydrogen) atoms. The highest BCUT2D eigenvalue weighted by atomic mass is 35.5. The molecule has 0 bridgehead atoms. The number of rotatable bonds is 5. The summed E-state index contributed by atoms with van der Waals surface area (Å²) in [5.74, 6) is -1.09. The van der Waals surface area contributed by atoms with Crippen molar-refractivity contribution in [1.29, 1.82) is 0 Å². The highest BCUT2D eigenvalue weighted by Gasteiger charge is 2.35. The van der Waals surface area contributed by atoms with Crippen molar-refractivity contribution in [2.75, 3.05) is 0 Å². The van der Waals surface area contributed by atoms with Crippen molar-refractivity contribution in [1.82, 2.24) is 10.2 Å². The first-order valence-electron chi connectivity index (χ1n) is 8.95. The van der Waals surface area contributed by atoms with E-state index in [-0.39, 0.29) is 12.1 Å². The molecule has 0 atom stereocenters. The lowest BCUT2D eigenvalue weighted by Gasteiger charge is -2.26. The molecule has 4 amide bonds. The molecule has 0 unspecified atom stereocenters. The fraction of sp³-hybridized carbons (Fsp3) is 0.0455. The number of hydrogen-bond donors (Lipinski definition) is 1. The standard InChI is InChI=1S/C22H15ClN2O4S/c23-15-6-9-17(10-7-15)30-19-11-8-16(29-19)12-18-20(26)24-22(28)25(21(18)27)13-14-4-2-1-3-5-14/h1-12H,13H2,(H,24,26,28). The van der Waals surface area contributed by atoms with E-state index in [0.717, 1.165) is 15.4 Å². The SMILES string of the molecule is O=C1NC(=O)N(Cc2ccccc2)C(=O)C1=Cc1ccc(Sc2ccc(Cl)cc2)o1. The van der Waals surface area contributed by atoms with Crippen LogP contribution in [0.2, 0.25) is 5.02 Å². The summed E-state index contributed by atoms with van der Waals surface area (Å²) < 4.78 is 5.72. The van der Waals surface area contributed by atoms with Gasteiger partial charge in [0.25, 0.3) is 11.8 Å². The van der Waals surface area contributed by atoms with E-state index >= 15 is 0 Å². The molecule has 1 saturated heterocycles. The van der Waals surface area contributed by atoms with Crippen LogP contribution < -0.4 is 5.32 Å². The number of hydrogen-bond acceptors (Lipinski definition) is 5. The van der Waals surface area contributed by atoms with E-state index in [1.54, 1.807) is 36.4 Å². The lowest BCUT2D eigenvalue weighted by atomic mass is 10.1. The van der Waals surface area contributed by atoms with Crippen molar-refractivity contribution in [3.8, 4) is 0 Å². The smallest absolute Gasteiger partial charge is 0.331 e. The zero-order valence-electron chi connectivity index (χ0n) is 15.5. The van der Waals surface area contributed by atoms with Gasteiger partial charge in [0.15, 0.2) is 5.09 Å². The van der Waals surface area contributed by atoms with Gasteiger partial charge in [0.05, 0.1) is 6.54 Å². The van der Waals surface area contributed by atoms with Crippen molar-refractivity contribution in [3.63, 3.8) is 0 Å². The van der Waals surface area contributed by atoms with E-state index in [1.165, 1.54) is 17.8 Å². The second-order valence-corrected chi connectivity index (χ2v) is 7.92. The van der Waals surface area contributed by atoms with Gasteiger partial charge in [-0.1, -0.05) is 53.7 Å². The summed E-state index contributed by atoms with van der Waals surface area (Å²) in [7, 11) is 0. The maximum Gasteiger partial charge on any atom is 0.331 e. The van der Waals surface area contributed by atoms with Gasteiger partial charge in [0.1, 0.15) is 11.3 Å². The summed E-state index contributed by atoms with van der Waals surface area (Å²) in [6.45, 7) is 0.0615. The molecule has 4 rings (SSSR count). The minimum absolute atomic E-state index is 0.0615.